The lowest BCUT2D eigenvalue weighted by molar-refractivity contribution is 0.236. The molecule has 1 atom stereocenters. The third-order valence-corrected chi connectivity index (χ3v) is 3.62. The van der Waals surface area contributed by atoms with Crippen LogP contribution in [0.15, 0.2) is 16.7 Å². The highest BCUT2D eigenvalue weighted by molar-refractivity contribution is 5.17. The lowest BCUT2D eigenvalue weighted by atomic mass is 10.1. The third-order valence-electron chi connectivity index (χ3n) is 3.62. The summed E-state index contributed by atoms with van der Waals surface area (Å²) in [6.07, 6.45) is 3.05. The second-order valence-corrected chi connectivity index (χ2v) is 5.75. The topological polar surface area (TPSA) is 28.4 Å². The van der Waals surface area contributed by atoms with Crippen LogP contribution in [0.4, 0.5) is 0 Å². The second-order valence-electron chi connectivity index (χ2n) is 5.75. The molecular weight excluding hydrogens is 236 g/mol. The van der Waals surface area contributed by atoms with Crippen LogP contribution >= 0.6 is 0 Å². The molecule has 0 aliphatic rings. The predicted octanol–water partition coefficient (Wildman–Crippen LogP) is 3.65. The number of hydrogen-bond donors (Lipinski definition) is 1. The van der Waals surface area contributed by atoms with Gasteiger partial charge in [0.2, 0.25) is 0 Å². The molecular formula is C16H30N2O. The van der Waals surface area contributed by atoms with Crippen molar-refractivity contribution in [1.82, 2.24) is 10.2 Å². The van der Waals surface area contributed by atoms with Crippen LogP contribution in [0.25, 0.3) is 0 Å². The van der Waals surface area contributed by atoms with Crippen molar-refractivity contribution in [2.24, 2.45) is 5.92 Å². The van der Waals surface area contributed by atoms with Crippen molar-refractivity contribution in [3.8, 4) is 0 Å². The van der Waals surface area contributed by atoms with Gasteiger partial charge in [0.25, 0.3) is 0 Å². The Labute approximate surface area is 118 Å². The number of nitrogens with one attached hydrogen (secondary N) is 1. The van der Waals surface area contributed by atoms with E-state index in [1.165, 1.54) is 12.0 Å². The molecule has 0 aliphatic carbocycles. The van der Waals surface area contributed by atoms with Crippen LogP contribution in [-0.4, -0.2) is 24.0 Å². The van der Waals surface area contributed by atoms with Crippen LogP contribution in [0.3, 0.4) is 0 Å². The SMILES string of the molecule is CCC(C)CN(CC)Cc1ccoc1CNC(C)C. The molecule has 1 aromatic heterocycles. The Morgan fingerprint density at radius 1 is 1.26 bits per heavy atom. The van der Waals surface area contributed by atoms with Gasteiger partial charge >= 0.3 is 0 Å². The van der Waals surface area contributed by atoms with Gasteiger partial charge in [-0.15, -0.1) is 0 Å². The summed E-state index contributed by atoms with van der Waals surface area (Å²) in [6, 6.07) is 2.59. The highest BCUT2D eigenvalue weighted by Crippen LogP contribution is 2.15. The van der Waals surface area contributed by atoms with Gasteiger partial charge in [-0.2, -0.15) is 0 Å². The molecule has 19 heavy (non-hydrogen) atoms. The minimum atomic E-state index is 0.486. The lowest BCUT2D eigenvalue weighted by Crippen LogP contribution is -2.28. The number of nitrogens with zero attached hydrogens (tertiary/aromatic N) is 1. The van der Waals surface area contributed by atoms with Crippen molar-refractivity contribution in [2.75, 3.05) is 13.1 Å². The average Bonchev–Trinajstić information content (AvgIpc) is 2.82. The Kier molecular flexibility index (Phi) is 7.17. The third kappa shape index (κ3) is 5.79. The normalized spacial score (nSPS) is 13.4. The van der Waals surface area contributed by atoms with Crippen LogP contribution in [0.2, 0.25) is 0 Å². The Morgan fingerprint density at radius 2 is 2.00 bits per heavy atom. The van der Waals surface area contributed by atoms with Crippen LogP contribution < -0.4 is 5.32 Å². The maximum atomic E-state index is 5.60. The van der Waals surface area contributed by atoms with Gasteiger partial charge < -0.3 is 9.73 Å². The summed E-state index contributed by atoms with van der Waals surface area (Å²) in [4.78, 5) is 2.50. The van der Waals surface area contributed by atoms with Crippen LogP contribution in [-0.2, 0) is 13.1 Å². The summed E-state index contributed by atoms with van der Waals surface area (Å²) in [7, 11) is 0. The van der Waals surface area contributed by atoms with Crippen molar-refractivity contribution < 1.29 is 4.42 Å². The maximum absolute atomic E-state index is 5.60. The molecule has 0 radical (unpaired) electrons. The Hall–Kier alpha value is -0.800. The van der Waals surface area contributed by atoms with Crippen molar-refractivity contribution in [3.05, 3.63) is 23.7 Å². The summed E-state index contributed by atoms with van der Waals surface area (Å²) < 4.78 is 5.60. The van der Waals surface area contributed by atoms with Crippen LogP contribution in [0, 0.1) is 5.92 Å². The lowest BCUT2D eigenvalue weighted by Gasteiger charge is -2.23. The zero-order chi connectivity index (χ0) is 14.3. The van der Waals surface area contributed by atoms with E-state index >= 15 is 0 Å². The van der Waals surface area contributed by atoms with E-state index in [1.807, 2.05) is 6.26 Å². The Morgan fingerprint density at radius 3 is 2.58 bits per heavy atom. The van der Waals surface area contributed by atoms with Gasteiger partial charge in [0.1, 0.15) is 5.76 Å². The van der Waals surface area contributed by atoms with E-state index in [-0.39, 0.29) is 0 Å². The largest absolute Gasteiger partial charge is 0.468 e. The molecule has 1 aromatic rings. The first-order valence-electron chi connectivity index (χ1n) is 7.57. The first-order valence-corrected chi connectivity index (χ1v) is 7.57. The molecule has 0 aromatic carbocycles. The molecule has 1 heterocycles. The average molecular weight is 266 g/mol. The van der Waals surface area contributed by atoms with E-state index < -0.39 is 0 Å². The molecule has 0 bridgehead atoms. The molecule has 1 rings (SSSR count). The minimum absolute atomic E-state index is 0.486. The molecule has 0 aliphatic heterocycles. The maximum Gasteiger partial charge on any atom is 0.122 e. The van der Waals surface area contributed by atoms with Crippen molar-refractivity contribution in [2.45, 2.75) is 60.2 Å². The van der Waals surface area contributed by atoms with E-state index in [4.69, 9.17) is 4.42 Å². The molecule has 0 fully saturated rings. The first-order chi connectivity index (χ1) is 9.06. The van der Waals surface area contributed by atoms with Gasteiger partial charge in [0.15, 0.2) is 0 Å². The fourth-order valence-electron chi connectivity index (χ4n) is 2.08. The molecule has 1 unspecified atom stereocenters. The van der Waals surface area contributed by atoms with E-state index in [9.17, 15) is 0 Å². The summed E-state index contributed by atoms with van der Waals surface area (Å²) in [5, 5.41) is 3.42. The zero-order valence-corrected chi connectivity index (χ0v) is 13.2. The summed E-state index contributed by atoms with van der Waals surface area (Å²) >= 11 is 0. The number of hydrogen-bond acceptors (Lipinski definition) is 3. The second kappa shape index (κ2) is 8.39. The highest BCUT2D eigenvalue weighted by atomic mass is 16.3. The summed E-state index contributed by atoms with van der Waals surface area (Å²) in [6.45, 7) is 15.2. The van der Waals surface area contributed by atoms with Crippen molar-refractivity contribution >= 4 is 0 Å². The van der Waals surface area contributed by atoms with E-state index in [0.29, 0.717) is 6.04 Å². The van der Waals surface area contributed by atoms with E-state index in [0.717, 1.165) is 37.9 Å². The number of furan rings is 1. The molecule has 0 saturated heterocycles. The van der Waals surface area contributed by atoms with Crippen LogP contribution in [0.1, 0.15) is 52.4 Å². The smallest absolute Gasteiger partial charge is 0.122 e. The summed E-state index contributed by atoms with van der Waals surface area (Å²) in [5.74, 6) is 1.83. The number of rotatable bonds is 9. The summed E-state index contributed by atoms with van der Waals surface area (Å²) in [5.41, 5.74) is 1.32. The standard InChI is InChI=1S/C16H30N2O/c1-6-14(5)11-18(7-2)12-15-8-9-19-16(15)10-17-13(3)4/h8-9,13-14,17H,6-7,10-12H2,1-5H3. The molecule has 0 saturated carbocycles. The Bertz CT molecular complexity index is 346. The fourth-order valence-corrected chi connectivity index (χ4v) is 2.08. The molecule has 1 N–H and O–H groups in total. The van der Waals surface area contributed by atoms with E-state index in [1.54, 1.807) is 0 Å². The zero-order valence-electron chi connectivity index (χ0n) is 13.2. The van der Waals surface area contributed by atoms with Gasteiger partial charge in [-0.3, -0.25) is 4.90 Å². The first kappa shape index (κ1) is 16.3. The molecule has 0 amide bonds. The molecule has 0 spiro atoms. The van der Waals surface area contributed by atoms with Gasteiger partial charge in [-0.1, -0.05) is 41.0 Å². The molecule has 3 heteroatoms. The Balaban J connectivity index is 2.56. The molecule has 3 nitrogen and oxygen atoms in total. The van der Waals surface area contributed by atoms with Gasteiger partial charge in [-0.25, -0.2) is 0 Å². The van der Waals surface area contributed by atoms with Gasteiger partial charge in [-0.05, 0) is 18.5 Å². The van der Waals surface area contributed by atoms with Crippen LogP contribution in [0.5, 0.6) is 0 Å². The van der Waals surface area contributed by atoms with Crippen molar-refractivity contribution in [1.29, 1.82) is 0 Å². The van der Waals surface area contributed by atoms with E-state index in [2.05, 4.69) is 50.9 Å². The van der Waals surface area contributed by atoms with Crippen molar-refractivity contribution in [3.63, 3.8) is 0 Å². The predicted molar refractivity (Wildman–Crippen MR) is 81.1 cm³/mol. The monoisotopic (exact) mass is 266 g/mol. The molecule has 110 valence electrons. The van der Waals surface area contributed by atoms with Gasteiger partial charge in [0, 0.05) is 24.7 Å². The highest BCUT2D eigenvalue weighted by Gasteiger charge is 2.12. The minimum Gasteiger partial charge on any atom is -0.468 e. The fraction of sp³-hybridized carbons (Fsp3) is 0.750. The van der Waals surface area contributed by atoms with Gasteiger partial charge in [0.05, 0.1) is 12.8 Å². The quantitative estimate of drug-likeness (QED) is 0.739.